The van der Waals surface area contributed by atoms with Gasteiger partial charge in [-0.2, -0.15) is 16.5 Å². The smallest absolute Gasteiger partial charge is 0.241 e. The van der Waals surface area contributed by atoms with E-state index in [1.807, 2.05) is 55.8 Å². The lowest BCUT2D eigenvalue weighted by Crippen LogP contribution is -2.48. The second-order valence-electron chi connectivity index (χ2n) is 7.99. The molecule has 1 aromatic carbocycles. The van der Waals surface area contributed by atoms with Gasteiger partial charge >= 0.3 is 0 Å². The van der Waals surface area contributed by atoms with E-state index in [0.717, 1.165) is 5.56 Å². The molecule has 2 N–H and O–H groups in total. The fourth-order valence-corrected chi connectivity index (χ4v) is 5.01. The number of carbonyl (C=O) groups excluding carboxylic acids is 1. The number of amides is 1. The van der Waals surface area contributed by atoms with E-state index in [4.69, 9.17) is 0 Å². The predicted octanol–water partition coefficient (Wildman–Crippen LogP) is 2.95. The Kier molecular flexibility index (Phi) is 7.91. The van der Waals surface area contributed by atoms with Gasteiger partial charge in [0.15, 0.2) is 11.5 Å². The van der Waals surface area contributed by atoms with Crippen molar-refractivity contribution in [3.05, 3.63) is 60.0 Å². The maximum Gasteiger partial charge on any atom is 0.241 e. The minimum absolute atomic E-state index is 0.0152. The third-order valence-electron chi connectivity index (χ3n) is 5.14. The van der Waals surface area contributed by atoms with Gasteiger partial charge in [0.25, 0.3) is 0 Å². The van der Waals surface area contributed by atoms with Crippen LogP contribution in [0.2, 0.25) is 0 Å². The Morgan fingerprint density at radius 2 is 1.84 bits per heavy atom. The summed E-state index contributed by atoms with van der Waals surface area (Å²) >= 11 is 1.55. The van der Waals surface area contributed by atoms with Crippen LogP contribution in [0, 0.1) is 12.8 Å². The van der Waals surface area contributed by atoms with Crippen molar-refractivity contribution in [1.82, 2.24) is 24.6 Å². The zero-order chi connectivity index (χ0) is 23.3. The first kappa shape index (κ1) is 24.2. The quantitative estimate of drug-likeness (QED) is 0.467. The molecule has 0 saturated heterocycles. The normalized spacial score (nSPS) is 13.9. The summed E-state index contributed by atoms with van der Waals surface area (Å²) in [5.41, 5.74) is 1.64. The number of sulfonamides is 1. The molecule has 0 aliphatic heterocycles. The lowest BCUT2D eigenvalue weighted by Gasteiger charge is -2.25. The molecule has 1 unspecified atom stereocenters. The molecule has 0 aliphatic rings. The Balaban J connectivity index is 1.84. The highest BCUT2D eigenvalue weighted by Gasteiger charge is 2.30. The standard InChI is InChI=1S/C22H29N5O3S2/c1-15(2)20(21-25-24-19-7-5-6-13-27(19)21)23-22(28)18(12-14-31-4)26-32(29,30)17-10-8-16(3)9-11-17/h5-11,13,15,18,20,26H,12,14H2,1-4H3,(H,23,28)/t18?,20-/m0/s1. The Morgan fingerprint density at radius 3 is 2.50 bits per heavy atom. The first-order valence-electron chi connectivity index (χ1n) is 10.4. The van der Waals surface area contributed by atoms with Crippen LogP contribution in [0.15, 0.2) is 53.6 Å². The number of nitrogens with one attached hydrogen (secondary N) is 2. The molecule has 2 atom stereocenters. The van der Waals surface area contributed by atoms with E-state index in [1.54, 1.807) is 36.0 Å². The van der Waals surface area contributed by atoms with Crippen LogP contribution >= 0.6 is 11.8 Å². The Morgan fingerprint density at radius 1 is 1.12 bits per heavy atom. The number of aryl methyl sites for hydroxylation is 1. The van der Waals surface area contributed by atoms with Crippen molar-refractivity contribution in [2.75, 3.05) is 12.0 Å². The largest absolute Gasteiger partial charge is 0.344 e. The second-order valence-corrected chi connectivity index (χ2v) is 10.7. The topological polar surface area (TPSA) is 105 Å². The molecular formula is C22H29N5O3S2. The van der Waals surface area contributed by atoms with Gasteiger partial charge in [0.05, 0.1) is 10.9 Å². The average Bonchev–Trinajstić information content (AvgIpc) is 3.18. The van der Waals surface area contributed by atoms with Crippen molar-refractivity contribution >= 4 is 33.3 Å². The molecule has 2 aromatic heterocycles. The predicted molar refractivity (Wildman–Crippen MR) is 127 cm³/mol. The minimum Gasteiger partial charge on any atom is -0.344 e. The van der Waals surface area contributed by atoms with E-state index in [0.29, 0.717) is 23.6 Å². The SMILES string of the molecule is CSCCC(NS(=O)(=O)c1ccc(C)cc1)C(=O)N[C@H](c1nnc2ccccn12)C(C)C. The van der Waals surface area contributed by atoms with Crippen LogP contribution in [0.4, 0.5) is 0 Å². The number of thioether (sulfide) groups is 1. The molecule has 0 aliphatic carbocycles. The van der Waals surface area contributed by atoms with Crippen LogP contribution in [0.25, 0.3) is 5.65 Å². The van der Waals surface area contributed by atoms with Gasteiger partial charge < -0.3 is 5.32 Å². The van der Waals surface area contributed by atoms with Crippen molar-refractivity contribution < 1.29 is 13.2 Å². The van der Waals surface area contributed by atoms with E-state index < -0.39 is 22.1 Å². The van der Waals surface area contributed by atoms with Crippen LogP contribution in [-0.2, 0) is 14.8 Å². The van der Waals surface area contributed by atoms with Crippen LogP contribution in [-0.4, -0.2) is 47.0 Å². The van der Waals surface area contributed by atoms with Gasteiger partial charge in [-0.25, -0.2) is 8.42 Å². The maximum absolute atomic E-state index is 13.3. The molecule has 0 spiro atoms. The number of benzene rings is 1. The molecule has 0 radical (unpaired) electrons. The molecule has 0 bridgehead atoms. The molecule has 2 heterocycles. The average molecular weight is 476 g/mol. The Labute approximate surface area is 193 Å². The first-order valence-corrected chi connectivity index (χ1v) is 13.3. The molecule has 10 heteroatoms. The Bertz CT molecular complexity index is 1160. The van der Waals surface area contributed by atoms with Gasteiger partial charge in [-0.15, -0.1) is 10.2 Å². The van der Waals surface area contributed by atoms with E-state index >= 15 is 0 Å². The second kappa shape index (κ2) is 10.5. The highest BCUT2D eigenvalue weighted by atomic mass is 32.2. The monoisotopic (exact) mass is 475 g/mol. The molecule has 3 aromatic rings. The first-order chi connectivity index (χ1) is 15.2. The van der Waals surface area contributed by atoms with Gasteiger partial charge in [-0.1, -0.05) is 37.6 Å². The summed E-state index contributed by atoms with van der Waals surface area (Å²) in [5.74, 6) is 0.867. The summed E-state index contributed by atoms with van der Waals surface area (Å²) < 4.78 is 30.3. The van der Waals surface area contributed by atoms with E-state index in [2.05, 4.69) is 20.2 Å². The number of hydrogen-bond acceptors (Lipinski definition) is 6. The summed E-state index contributed by atoms with van der Waals surface area (Å²) in [5, 5.41) is 11.5. The molecule has 3 rings (SSSR count). The zero-order valence-corrected chi connectivity index (χ0v) is 20.3. The van der Waals surface area contributed by atoms with Crippen LogP contribution < -0.4 is 10.0 Å². The number of hydrogen-bond donors (Lipinski definition) is 2. The number of fused-ring (bicyclic) bond motifs is 1. The summed E-state index contributed by atoms with van der Waals surface area (Å²) in [6, 6.07) is 10.8. The lowest BCUT2D eigenvalue weighted by molar-refractivity contribution is -0.123. The fraction of sp³-hybridized carbons (Fsp3) is 0.409. The van der Waals surface area contributed by atoms with Crippen molar-refractivity contribution in [2.24, 2.45) is 5.92 Å². The van der Waals surface area contributed by atoms with Crippen molar-refractivity contribution in [3.8, 4) is 0 Å². The van der Waals surface area contributed by atoms with Crippen molar-refractivity contribution in [1.29, 1.82) is 0 Å². The van der Waals surface area contributed by atoms with Crippen molar-refractivity contribution in [3.63, 3.8) is 0 Å². The summed E-state index contributed by atoms with van der Waals surface area (Å²) in [7, 11) is -3.85. The van der Waals surface area contributed by atoms with Crippen LogP contribution in [0.5, 0.6) is 0 Å². The molecule has 1 amide bonds. The van der Waals surface area contributed by atoms with Crippen LogP contribution in [0.1, 0.15) is 37.7 Å². The van der Waals surface area contributed by atoms with Crippen LogP contribution in [0.3, 0.4) is 0 Å². The highest BCUT2D eigenvalue weighted by Crippen LogP contribution is 2.21. The van der Waals surface area contributed by atoms with Gasteiger partial charge in [-0.3, -0.25) is 9.20 Å². The lowest BCUT2D eigenvalue weighted by atomic mass is 10.0. The molecule has 0 fully saturated rings. The number of rotatable bonds is 10. The Hall–Kier alpha value is -2.43. The van der Waals surface area contributed by atoms with E-state index in [9.17, 15) is 13.2 Å². The van der Waals surface area contributed by atoms with E-state index in [1.165, 1.54) is 0 Å². The number of carbonyl (C=O) groups is 1. The zero-order valence-electron chi connectivity index (χ0n) is 18.6. The molecule has 172 valence electrons. The molecule has 8 nitrogen and oxygen atoms in total. The van der Waals surface area contributed by atoms with Gasteiger partial charge in [0, 0.05) is 6.20 Å². The molecule has 32 heavy (non-hydrogen) atoms. The van der Waals surface area contributed by atoms with Gasteiger partial charge in [-0.05, 0) is 55.5 Å². The third kappa shape index (κ3) is 5.67. The number of aromatic nitrogens is 3. The minimum atomic E-state index is -3.85. The summed E-state index contributed by atoms with van der Waals surface area (Å²) in [6.45, 7) is 5.84. The summed E-state index contributed by atoms with van der Waals surface area (Å²) in [4.78, 5) is 13.4. The number of nitrogens with zero attached hydrogens (tertiary/aromatic N) is 3. The number of pyridine rings is 1. The van der Waals surface area contributed by atoms with E-state index in [-0.39, 0.29) is 16.7 Å². The van der Waals surface area contributed by atoms with Gasteiger partial charge in [0.1, 0.15) is 6.04 Å². The highest BCUT2D eigenvalue weighted by molar-refractivity contribution is 7.98. The maximum atomic E-state index is 13.3. The molecular weight excluding hydrogens is 446 g/mol. The fourth-order valence-electron chi connectivity index (χ4n) is 3.31. The van der Waals surface area contributed by atoms with Crippen molar-refractivity contribution in [2.45, 2.75) is 44.2 Å². The molecule has 0 saturated carbocycles. The summed E-state index contributed by atoms with van der Waals surface area (Å²) in [6.07, 6.45) is 4.13. The third-order valence-corrected chi connectivity index (χ3v) is 7.27. The van der Waals surface area contributed by atoms with Gasteiger partial charge in [0.2, 0.25) is 15.9 Å².